The number of thiol groups is 1. The van der Waals surface area contributed by atoms with Crippen LogP contribution >= 0.6 is 20.8 Å². The molecule has 0 aliphatic heterocycles. The third-order valence-corrected chi connectivity index (χ3v) is 4.03. The zero-order valence-corrected chi connectivity index (χ0v) is 7.57. The maximum absolute atomic E-state index is 6.06. The zero-order valence-electron chi connectivity index (χ0n) is 5.92. The lowest BCUT2D eigenvalue weighted by Gasteiger charge is -2.09. The standard InChI is InChI=1S/C8H11ClS/c1-2-10(9)8-6-4-3-5-7-8/h3-7,10H,2H2,1H3. The summed E-state index contributed by atoms with van der Waals surface area (Å²) in [4.78, 5) is 1.28. The van der Waals surface area contributed by atoms with Crippen molar-refractivity contribution in [3.63, 3.8) is 0 Å². The molecule has 1 rings (SSSR count). The van der Waals surface area contributed by atoms with Gasteiger partial charge in [-0.25, -0.2) is 0 Å². The topological polar surface area (TPSA) is 0 Å². The molecule has 0 aliphatic carbocycles. The lowest BCUT2D eigenvalue weighted by atomic mass is 10.4. The van der Waals surface area contributed by atoms with Gasteiger partial charge in [0.25, 0.3) is 0 Å². The van der Waals surface area contributed by atoms with Crippen molar-refractivity contribution in [1.29, 1.82) is 0 Å². The second kappa shape index (κ2) is 3.89. The van der Waals surface area contributed by atoms with E-state index < -0.39 is 10.1 Å². The summed E-state index contributed by atoms with van der Waals surface area (Å²) >= 11 is 0. The average Bonchev–Trinajstić information content (AvgIpc) is 2.05. The Kier molecular flexibility index (Phi) is 3.10. The molecule has 0 saturated carbocycles. The number of hydrogen-bond acceptors (Lipinski definition) is 0. The Morgan fingerprint density at radius 3 is 2.40 bits per heavy atom. The average molecular weight is 175 g/mol. The van der Waals surface area contributed by atoms with Gasteiger partial charge in [-0.3, -0.25) is 0 Å². The molecule has 0 aliphatic rings. The first-order valence-corrected chi connectivity index (χ1v) is 5.76. The van der Waals surface area contributed by atoms with Crippen molar-refractivity contribution in [3.8, 4) is 0 Å². The van der Waals surface area contributed by atoms with Gasteiger partial charge in [-0.2, -0.15) is 0 Å². The molecule has 0 heterocycles. The van der Waals surface area contributed by atoms with Crippen LogP contribution in [0.2, 0.25) is 0 Å². The summed E-state index contributed by atoms with van der Waals surface area (Å²) in [7, 11) is 5.65. The fourth-order valence-electron chi connectivity index (χ4n) is 0.772. The number of halogens is 1. The van der Waals surface area contributed by atoms with Crippen LogP contribution in [0, 0.1) is 0 Å². The van der Waals surface area contributed by atoms with Gasteiger partial charge in [-0.15, -0.1) is 10.1 Å². The highest BCUT2D eigenvalue weighted by molar-refractivity contribution is 8.36. The summed E-state index contributed by atoms with van der Waals surface area (Å²) in [6, 6.07) is 10.2. The number of hydrogen-bond donors (Lipinski definition) is 1. The molecular formula is C8H11ClS. The van der Waals surface area contributed by atoms with Crippen molar-refractivity contribution < 1.29 is 0 Å². The summed E-state index contributed by atoms with van der Waals surface area (Å²) in [5.74, 6) is 1.06. The third-order valence-electron chi connectivity index (χ3n) is 1.31. The van der Waals surface area contributed by atoms with Crippen LogP contribution in [0.25, 0.3) is 0 Å². The van der Waals surface area contributed by atoms with E-state index in [1.165, 1.54) is 4.90 Å². The van der Waals surface area contributed by atoms with Gasteiger partial charge in [-0.05, 0) is 17.9 Å². The van der Waals surface area contributed by atoms with Gasteiger partial charge >= 0.3 is 0 Å². The Labute approximate surface area is 69.1 Å². The van der Waals surface area contributed by atoms with E-state index in [0.717, 1.165) is 5.75 Å². The Morgan fingerprint density at radius 1 is 1.30 bits per heavy atom. The predicted octanol–water partition coefficient (Wildman–Crippen LogP) is 3.22. The lowest BCUT2D eigenvalue weighted by Crippen LogP contribution is -1.76. The van der Waals surface area contributed by atoms with Crippen LogP contribution in [0.5, 0.6) is 0 Å². The highest BCUT2D eigenvalue weighted by Crippen LogP contribution is 2.39. The molecule has 1 atom stereocenters. The van der Waals surface area contributed by atoms with E-state index in [1.807, 2.05) is 18.2 Å². The maximum Gasteiger partial charge on any atom is 0.000318 e. The highest BCUT2D eigenvalue weighted by atomic mass is 35.7. The van der Waals surface area contributed by atoms with E-state index >= 15 is 0 Å². The second-order valence-electron chi connectivity index (χ2n) is 2.01. The van der Waals surface area contributed by atoms with Crippen LogP contribution in [0.1, 0.15) is 6.92 Å². The molecule has 0 amide bonds. The van der Waals surface area contributed by atoms with Gasteiger partial charge in [0.15, 0.2) is 0 Å². The molecule has 2 heteroatoms. The fraction of sp³-hybridized carbons (Fsp3) is 0.250. The molecule has 1 aromatic carbocycles. The fourth-order valence-corrected chi connectivity index (χ4v) is 1.97. The Morgan fingerprint density at radius 2 is 1.90 bits per heavy atom. The van der Waals surface area contributed by atoms with Gasteiger partial charge in [0, 0.05) is 4.90 Å². The monoisotopic (exact) mass is 174 g/mol. The van der Waals surface area contributed by atoms with E-state index in [9.17, 15) is 0 Å². The highest BCUT2D eigenvalue weighted by Gasteiger charge is 1.96. The predicted molar refractivity (Wildman–Crippen MR) is 50.1 cm³/mol. The Balaban J connectivity index is 2.75. The zero-order chi connectivity index (χ0) is 7.40. The molecule has 0 radical (unpaired) electrons. The molecule has 1 aromatic rings. The molecule has 0 fully saturated rings. The molecule has 0 saturated heterocycles. The van der Waals surface area contributed by atoms with Gasteiger partial charge in [0.1, 0.15) is 0 Å². The van der Waals surface area contributed by atoms with Crippen LogP contribution in [0.3, 0.4) is 0 Å². The van der Waals surface area contributed by atoms with E-state index in [2.05, 4.69) is 19.1 Å². The second-order valence-corrected chi connectivity index (χ2v) is 5.11. The summed E-state index contributed by atoms with van der Waals surface area (Å²) in [5.41, 5.74) is 0. The van der Waals surface area contributed by atoms with Crippen LogP contribution < -0.4 is 0 Å². The first-order chi connectivity index (χ1) is 4.84. The first-order valence-electron chi connectivity index (χ1n) is 3.33. The van der Waals surface area contributed by atoms with Crippen LogP contribution in [0.4, 0.5) is 0 Å². The SMILES string of the molecule is CC[SH](Cl)c1ccccc1. The molecule has 56 valence electrons. The van der Waals surface area contributed by atoms with Crippen molar-refractivity contribution in [1.82, 2.24) is 0 Å². The van der Waals surface area contributed by atoms with Crippen molar-refractivity contribution in [3.05, 3.63) is 30.3 Å². The van der Waals surface area contributed by atoms with Gasteiger partial charge < -0.3 is 0 Å². The molecule has 0 nitrogen and oxygen atoms in total. The number of benzene rings is 1. The third kappa shape index (κ3) is 1.93. The minimum absolute atomic E-state index is 0.401. The van der Waals surface area contributed by atoms with E-state index in [-0.39, 0.29) is 0 Å². The summed E-state index contributed by atoms with van der Waals surface area (Å²) in [6.07, 6.45) is 0. The molecule has 0 N–H and O–H groups in total. The first kappa shape index (κ1) is 7.96. The minimum Gasteiger partial charge on any atom is -0.148 e. The quantitative estimate of drug-likeness (QED) is 0.655. The largest absolute Gasteiger partial charge is 0.148 e. The van der Waals surface area contributed by atoms with Crippen molar-refractivity contribution in [2.45, 2.75) is 11.8 Å². The lowest BCUT2D eigenvalue weighted by molar-refractivity contribution is 1.42. The normalized spacial score (nSPS) is 14.8. The molecule has 0 bridgehead atoms. The summed E-state index contributed by atoms with van der Waals surface area (Å²) in [6.45, 7) is 2.12. The van der Waals surface area contributed by atoms with Crippen LogP contribution in [-0.2, 0) is 0 Å². The summed E-state index contributed by atoms with van der Waals surface area (Å²) < 4.78 is 0. The van der Waals surface area contributed by atoms with Crippen LogP contribution in [0.15, 0.2) is 35.2 Å². The molecule has 1 unspecified atom stereocenters. The summed E-state index contributed by atoms with van der Waals surface area (Å²) in [5, 5.41) is 0. The van der Waals surface area contributed by atoms with E-state index in [0.29, 0.717) is 0 Å². The van der Waals surface area contributed by atoms with Gasteiger partial charge in [0.2, 0.25) is 0 Å². The van der Waals surface area contributed by atoms with Crippen LogP contribution in [-0.4, -0.2) is 5.75 Å². The Bertz CT molecular complexity index is 186. The van der Waals surface area contributed by atoms with E-state index in [4.69, 9.17) is 10.7 Å². The van der Waals surface area contributed by atoms with Crippen molar-refractivity contribution >= 4 is 20.8 Å². The van der Waals surface area contributed by atoms with E-state index in [1.54, 1.807) is 0 Å². The molecule has 0 spiro atoms. The minimum atomic E-state index is -0.401. The molecular weight excluding hydrogens is 164 g/mol. The van der Waals surface area contributed by atoms with Crippen molar-refractivity contribution in [2.75, 3.05) is 5.75 Å². The molecule has 0 aromatic heterocycles. The smallest absolute Gasteiger partial charge is 0.000318 e. The number of rotatable bonds is 2. The van der Waals surface area contributed by atoms with Crippen molar-refractivity contribution in [2.24, 2.45) is 0 Å². The molecule has 10 heavy (non-hydrogen) atoms. The van der Waals surface area contributed by atoms with Gasteiger partial charge in [-0.1, -0.05) is 35.8 Å². The van der Waals surface area contributed by atoms with Gasteiger partial charge in [0.05, 0.1) is 0 Å². The Hall–Kier alpha value is -0.140. The maximum atomic E-state index is 6.06.